The molecule has 122 valence electrons. The number of hydrogen-bond acceptors (Lipinski definition) is 4. The van der Waals surface area contributed by atoms with E-state index in [4.69, 9.17) is 0 Å². The number of nitrogens with zero attached hydrogens (tertiary/aromatic N) is 3. The normalized spacial score (nSPS) is 15.7. The van der Waals surface area contributed by atoms with Gasteiger partial charge in [-0.25, -0.2) is 0 Å². The molecule has 0 unspecified atom stereocenters. The van der Waals surface area contributed by atoms with Crippen LogP contribution in [0.15, 0.2) is 18.2 Å². The molecule has 7 heteroatoms. The van der Waals surface area contributed by atoms with Gasteiger partial charge in [-0.2, -0.15) is 15.4 Å². The SMILES string of the molecule is O=C(NCCCN1CCCCCC1=O)c1ccc2n[nH]nc2c1. The summed E-state index contributed by atoms with van der Waals surface area (Å²) in [6.07, 6.45) is 4.63. The maximum absolute atomic E-state index is 12.1. The summed E-state index contributed by atoms with van der Waals surface area (Å²) in [5.41, 5.74) is 1.98. The first kappa shape index (κ1) is 15.5. The van der Waals surface area contributed by atoms with E-state index in [2.05, 4.69) is 20.7 Å². The Morgan fingerprint density at radius 1 is 1.22 bits per heavy atom. The molecule has 1 aliphatic heterocycles. The molecule has 0 radical (unpaired) electrons. The second-order valence-electron chi connectivity index (χ2n) is 5.83. The third-order valence-electron chi connectivity index (χ3n) is 4.14. The summed E-state index contributed by atoms with van der Waals surface area (Å²) in [6.45, 7) is 2.11. The molecule has 2 N–H and O–H groups in total. The molecule has 0 spiro atoms. The van der Waals surface area contributed by atoms with Gasteiger partial charge in [-0.3, -0.25) is 9.59 Å². The van der Waals surface area contributed by atoms with E-state index in [0.29, 0.717) is 30.6 Å². The quantitative estimate of drug-likeness (QED) is 0.818. The summed E-state index contributed by atoms with van der Waals surface area (Å²) in [6, 6.07) is 5.22. The first-order valence-electron chi connectivity index (χ1n) is 8.10. The fraction of sp³-hybridized carbons (Fsp3) is 0.500. The molecule has 2 aromatic rings. The predicted octanol–water partition coefficient (Wildman–Crippen LogP) is 1.48. The van der Waals surface area contributed by atoms with Crippen molar-refractivity contribution in [1.29, 1.82) is 0 Å². The lowest BCUT2D eigenvalue weighted by molar-refractivity contribution is -0.130. The van der Waals surface area contributed by atoms with Crippen LogP contribution in [-0.4, -0.2) is 51.8 Å². The summed E-state index contributed by atoms with van der Waals surface area (Å²) in [5, 5.41) is 13.4. The number of rotatable bonds is 5. The molecule has 23 heavy (non-hydrogen) atoms. The van der Waals surface area contributed by atoms with Crippen molar-refractivity contribution in [2.45, 2.75) is 32.1 Å². The molecule has 7 nitrogen and oxygen atoms in total. The maximum atomic E-state index is 12.1. The van der Waals surface area contributed by atoms with Crippen LogP contribution >= 0.6 is 0 Å². The molecule has 1 aromatic carbocycles. The average Bonchev–Trinajstić information content (AvgIpc) is 2.94. The van der Waals surface area contributed by atoms with Gasteiger partial charge >= 0.3 is 0 Å². The third-order valence-corrected chi connectivity index (χ3v) is 4.14. The zero-order valence-electron chi connectivity index (χ0n) is 13.0. The largest absolute Gasteiger partial charge is 0.352 e. The Kier molecular flexibility index (Phi) is 4.85. The number of benzene rings is 1. The molecular formula is C16H21N5O2. The predicted molar refractivity (Wildman–Crippen MR) is 85.9 cm³/mol. The smallest absolute Gasteiger partial charge is 0.251 e. The van der Waals surface area contributed by atoms with Crippen LogP contribution in [0.1, 0.15) is 42.5 Å². The minimum atomic E-state index is -0.128. The van der Waals surface area contributed by atoms with Gasteiger partial charge in [0.05, 0.1) is 0 Å². The summed E-state index contributed by atoms with van der Waals surface area (Å²) < 4.78 is 0. The highest BCUT2D eigenvalue weighted by Crippen LogP contribution is 2.12. The Bertz CT molecular complexity index is 697. The van der Waals surface area contributed by atoms with E-state index in [-0.39, 0.29) is 11.8 Å². The first-order chi connectivity index (χ1) is 11.2. The van der Waals surface area contributed by atoms with Crippen molar-refractivity contribution in [3.63, 3.8) is 0 Å². The van der Waals surface area contributed by atoms with Crippen LogP contribution in [0.5, 0.6) is 0 Å². The van der Waals surface area contributed by atoms with E-state index < -0.39 is 0 Å². The lowest BCUT2D eigenvalue weighted by Crippen LogP contribution is -2.34. The number of aromatic nitrogens is 3. The van der Waals surface area contributed by atoms with E-state index in [1.165, 1.54) is 0 Å². The number of hydrogen-bond donors (Lipinski definition) is 2. The first-order valence-corrected chi connectivity index (χ1v) is 8.10. The fourth-order valence-corrected chi connectivity index (χ4v) is 2.83. The average molecular weight is 315 g/mol. The van der Waals surface area contributed by atoms with Gasteiger partial charge in [0.25, 0.3) is 5.91 Å². The van der Waals surface area contributed by atoms with Crippen molar-refractivity contribution in [3.05, 3.63) is 23.8 Å². The Hall–Kier alpha value is -2.44. The molecular weight excluding hydrogens is 294 g/mol. The van der Waals surface area contributed by atoms with Crippen LogP contribution < -0.4 is 5.32 Å². The number of nitrogens with one attached hydrogen (secondary N) is 2. The number of H-pyrrole nitrogens is 1. The van der Waals surface area contributed by atoms with E-state index >= 15 is 0 Å². The van der Waals surface area contributed by atoms with Gasteiger partial charge in [-0.05, 0) is 37.5 Å². The van der Waals surface area contributed by atoms with Gasteiger partial charge in [0.2, 0.25) is 5.91 Å². The van der Waals surface area contributed by atoms with E-state index in [1.807, 2.05) is 4.90 Å². The summed E-state index contributed by atoms with van der Waals surface area (Å²) in [4.78, 5) is 25.9. The fourth-order valence-electron chi connectivity index (χ4n) is 2.83. The summed E-state index contributed by atoms with van der Waals surface area (Å²) >= 11 is 0. The Labute approximate surface area is 134 Å². The van der Waals surface area contributed by atoms with Crippen molar-refractivity contribution < 1.29 is 9.59 Å². The number of fused-ring (bicyclic) bond motifs is 1. The molecule has 0 saturated carbocycles. The Morgan fingerprint density at radius 3 is 3.00 bits per heavy atom. The number of carbonyl (C=O) groups is 2. The molecule has 1 aliphatic rings. The molecule has 0 aliphatic carbocycles. The number of likely N-dealkylation sites (tertiary alicyclic amines) is 1. The summed E-state index contributed by atoms with van der Waals surface area (Å²) in [5.74, 6) is 0.113. The monoisotopic (exact) mass is 315 g/mol. The lowest BCUT2D eigenvalue weighted by Gasteiger charge is -2.20. The number of amides is 2. The van der Waals surface area contributed by atoms with Crippen molar-refractivity contribution in [2.24, 2.45) is 0 Å². The van der Waals surface area contributed by atoms with Crippen molar-refractivity contribution in [3.8, 4) is 0 Å². The van der Waals surface area contributed by atoms with Crippen LogP contribution in [0.25, 0.3) is 11.0 Å². The highest BCUT2D eigenvalue weighted by molar-refractivity contribution is 5.97. The second kappa shape index (κ2) is 7.21. The van der Waals surface area contributed by atoms with Crippen LogP contribution in [-0.2, 0) is 4.79 Å². The van der Waals surface area contributed by atoms with E-state index in [0.717, 1.165) is 37.7 Å². The molecule has 1 aromatic heterocycles. The van der Waals surface area contributed by atoms with Gasteiger partial charge in [-0.15, -0.1) is 0 Å². The van der Waals surface area contributed by atoms with Crippen LogP contribution in [0.2, 0.25) is 0 Å². The lowest BCUT2D eigenvalue weighted by atomic mass is 10.2. The van der Waals surface area contributed by atoms with Gasteiger partial charge in [0.15, 0.2) is 0 Å². The molecule has 1 saturated heterocycles. The number of aromatic amines is 1. The van der Waals surface area contributed by atoms with Gasteiger partial charge in [-0.1, -0.05) is 6.42 Å². The summed E-state index contributed by atoms with van der Waals surface area (Å²) in [7, 11) is 0. The van der Waals surface area contributed by atoms with Crippen LogP contribution in [0.4, 0.5) is 0 Å². The number of carbonyl (C=O) groups excluding carboxylic acids is 2. The third kappa shape index (κ3) is 3.85. The second-order valence-corrected chi connectivity index (χ2v) is 5.83. The zero-order valence-corrected chi connectivity index (χ0v) is 13.0. The Balaban J connectivity index is 1.46. The highest BCUT2D eigenvalue weighted by atomic mass is 16.2. The maximum Gasteiger partial charge on any atom is 0.251 e. The molecule has 0 bridgehead atoms. The topological polar surface area (TPSA) is 91.0 Å². The molecule has 2 heterocycles. The van der Waals surface area contributed by atoms with Crippen molar-refractivity contribution in [1.82, 2.24) is 25.6 Å². The molecule has 2 amide bonds. The molecule has 0 atom stereocenters. The van der Waals surface area contributed by atoms with E-state index in [9.17, 15) is 9.59 Å². The molecule has 1 fully saturated rings. The highest BCUT2D eigenvalue weighted by Gasteiger charge is 2.16. The zero-order chi connectivity index (χ0) is 16.1. The van der Waals surface area contributed by atoms with Crippen molar-refractivity contribution >= 4 is 22.8 Å². The Morgan fingerprint density at radius 2 is 2.09 bits per heavy atom. The standard InChI is InChI=1S/C16H21N5O2/c22-15-5-2-1-3-9-21(15)10-4-8-17-16(23)12-6-7-13-14(11-12)19-20-18-13/h6-7,11H,1-5,8-10H2,(H,17,23)(H,18,19,20). The molecule has 3 rings (SSSR count). The minimum absolute atomic E-state index is 0.128. The van der Waals surface area contributed by atoms with Gasteiger partial charge < -0.3 is 10.2 Å². The van der Waals surface area contributed by atoms with E-state index in [1.54, 1.807) is 18.2 Å². The van der Waals surface area contributed by atoms with Crippen LogP contribution in [0.3, 0.4) is 0 Å². The minimum Gasteiger partial charge on any atom is -0.352 e. The van der Waals surface area contributed by atoms with Gasteiger partial charge in [0, 0.05) is 31.6 Å². The van der Waals surface area contributed by atoms with Crippen LogP contribution in [0, 0.1) is 0 Å². The van der Waals surface area contributed by atoms with Crippen molar-refractivity contribution in [2.75, 3.05) is 19.6 Å². The van der Waals surface area contributed by atoms with Gasteiger partial charge in [0.1, 0.15) is 11.0 Å².